The Labute approximate surface area is 328 Å². The van der Waals surface area contributed by atoms with Gasteiger partial charge < -0.3 is 29.6 Å². The van der Waals surface area contributed by atoms with E-state index >= 15 is 0 Å². The standard InChI is InChI=1S/C41H47F3N8O5/c1-25(2)57-34-22-36-47-32(23-52(36)24-33(34)48-39(55)30-4-3-5-35(46-30)41(42,43)44)28-12-17-50(18-13-28)19-16-38(54)51-20-14-27(15-21-51)26-6-8-29(9-7-26)45-31-10-11-37(53)49-40(31)56/h3-9,22-25,27-28,31,45H,10-21H2,1-2H3,(H,48,55)(H,49,53,56). The van der Waals surface area contributed by atoms with Gasteiger partial charge >= 0.3 is 6.18 Å². The van der Waals surface area contributed by atoms with Gasteiger partial charge in [-0.1, -0.05) is 18.2 Å². The minimum absolute atomic E-state index is 0.172. The van der Waals surface area contributed by atoms with E-state index in [1.54, 1.807) is 16.7 Å². The molecule has 0 spiro atoms. The van der Waals surface area contributed by atoms with Crippen LogP contribution in [-0.2, 0) is 20.6 Å². The number of rotatable bonds is 11. The summed E-state index contributed by atoms with van der Waals surface area (Å²) in [4.78, 5) is 62.4. The Morgan fingerprint density at radius 3 is 2.33 bits per heavy atom. The van der Waals surface area contributed by atoms with E-state index in [1.807, 2.05) is 37.1 Å². The van der Waals surface area contributed by atoms with Crippen molar-refractivity contribution >= 4 is 40.7 Å². The highest BCUT2D eigenvalue weighted by molar-refractivity contribution is 6.04. The fourth-order valence-corrected chi connectivity index (χ4v) is 7.79. The van der Waals surface area contributed by atoms with Crippen molar-refractivity contribution in [3.63, 3.8) is 0 Å². The number of hydrogen-bond donors (Lipinski definition) is 3. The molecule has 3 aliphatic heterocycles. The van der Waals surface area contributed by atoms with Crippen molar-refractivity contribution in [3.05, 3.63) is 83.6 Å². The maximum absolute atomic E-state index is 13.2. The second-order valence-corrected chi connectivity index (χ2v) is 15.3. The number of alkyl halides is 3. The average molecular weight is 789 g/mol. The molecule has 1 aromatic carbocycles. The Kier molecular flexibility index (Phi) is 11.8. The molecule has 0 bridgehead atoms. The summed E-state index contributed by atoms with van der Waals surface area (Å²) in [7, 11) is 0. The predicted molar refractivity (Wildman–Crippen MR) is 206 cm³/mol. The topological polar surface area (TPSA) is 150 Å². The average Bonchev–Trinajstić information content (AvgIpc) is 3.61. The van der Waals surface area contributed by atoms with E-state index in [9.17, 15) is 32.3 Å². The molecule has 16 heteroatoms. The quantitative estimate of drug-likeness (QED) is 0.156. The smallest absolute Gasteiger partial charge is 0.433 e. The van der Waals surface area contributed by atoms with E-state index in [1.165, 1.54) is 11.6 Å². The monoisotopic (exact) mass is 788 g/mol. The molecule has 3 aliphatic rings. The zero-order valence-electron chi connectivity index (χ0n) is 32.0. The number of piperidine rings is 3. The molecule has 3 aromatic heterocycles. The third kappa shape index (κ3) is 9.72. The first-order chi connectivity index (χ1) is 27.3. The number of fused-ring (bicyclic) bond motifs is 1. The van der Waals surface area contributed by atoms with Crippen molar-refractivity contribution in [1.82, 2.24) is 29.5 Å². The van der Waals surface area contributed by atoms with E-state index in [0.717, 1.165) is 62.3 Å². The first kappa shape index (κ1) is 39.7. The number of likely N-dealkylation sites (tertiary alicyclic amines) is 2. The largest absolute Gasteiger partial charge is 0.489 e. The van der Waals surface area contributed by atoms with Gasteiger partial charge in [0.15, 0.2) is 0 Å². The number of pyridine rings is 2. The highest BCUT2D eigenvalue weighted by Crippen LogP contribution is 2.33. The van der Waals surface area contributed by atoms with Gasteiger partial charge in [0.2, 0.25) is 17.7 Å². The van der Waals surface area contributed by atoms with Crippen LogP contribution in [0, 0.1) is 0 Å². The highest BCUT2D eigenvalue weighted by atomic mass is 19.4. The van der Waals surface area contributed by atoms with Crippen LogP contribution < -0.4 is 20.7 Å². The van der Waals surface area contributed by atoms with Crippen LogP contribution in [0.2, 0.25) is 0 Å². The molecule has 0 saturated carbocycles. The first-order valence-electron chi connectivity index (χ1n) is 19.5. The molecule has 4 amide bonds. The lowest BCUT2D eigenvalue weighted by atomic mass is 9.89. The highest BCUT2D eigenvalue weighted by Gasteiger charge is 2.33. The van der Waals surface area contributed by atoms with Gasteiger partial charge in [-0.15, -0.1) is 0 Å². The molecule has 1 atom stereocenters. The van der Waals surface area contributed by atoms with E-state index in [2.05, 4.69) is 38.0 Å². The number of carbonyl (C=O) groups is 4. The molecule has 302 valence electrons. The normalized spacial score (nSPS) is 18.8. The van der Waals surface area contributed by atoms with Gasteiger partial charge in [-0.3, -0.25) is 24.5 Å². The Morgan fingerprint density at radius 2 is 1.65 bits per heavy atom. The number of amides is 4. The number of imide groups is 1. The lowest BCUT2D eigenvalue weighted by molar-refractivity contribution is -0.141. The van der Waals surface area contributed by atoms with Gasteiger partial charge in [0.05, 0.1) is 11.8 Å². The van der Waals surface area contributed by atoms with Gasteiger partial charge in [0, 0.05) is 62.5 Å². The zero-order valence-corrected chi connectivity index (χ0v) is 32.0. The van der Waals surface area contributed by atoms with Crippen LogP contribution >= 0.6 is 0 Å². The van der Waals surface area contributed by atoms with Gasteiger partial charge in [0.1, 0.15) is 34.5 Å². The fraction of sp³-hybridized carbons (Fsp3) is 0.463. The number of benzene rings is 1. The molecule has 3 N–H and O–H groups in total. The predicted octanol–water partition coefficient (Wildman–Crippen LogP) is 5.98. The van der Waals surface area contributed by atoms with Crippen LogP contribution in [0.1, 0.15) is 98.1 Å². The van der Waals surface area contributed by atoms with Crippen LogP contribution in [0.15, 0.2) is 60.9 Å². The number of halogens is 3. The lowest BCUT2D eigenvalue weighted by Gasteiger charge is -2.34. The van der Waals surface area contributed by atoms with Crippen LogP contribution in [0.4, 0.5) is 24.5 Å². The van der Waals surface area contributed by atoms with Crippen LogP contribution in [0.5, 0.6) is 5.75 Å². The minimum Gasteiger partial charge on any atom is -0.489 e. The summed E-state index contributed by atoms with van der Waals surface area (Å²) in [6, 6.07) is 12.6. The van der Waals surface area contributed by atoms with Gasteiger partial charge in [-0.2, -0.15) is 13.2 Å². The zero-order chi connectivity index (χ0) is 40.3. The molecule has 13 nitrogen and oxygen atoms in total. The van der Waals surface area contributed by atoms with Gasteiger partial charge in [-0.25, -0.2) is 9.97 Å². The maximum atomic E-state index is 13.2. The molecular weight excluding hydrogens is 741 g/mol. The van der Waals surface area contributed by atoms with Gasteiger partial charge in [-0.05, 0) is 94.8 Å². The molecule has 0 radical (unpaired) electrons. The summed E-state index contributed by atoms with van der Waals surface area (Å²) >= 11 is 0. The van der Waals surface area contributed by atoms with E-state index < -0.39 is 23.8 Å². The van der Waals surface area contributed by atoms with E-state index in [0.29, 0.717) is 56.2 Å². The summed E-state index contributed by atoms with van der Waals surface area (Å²) in [5.74, 6) is -0.259. The molecule has 57 heavy (non-hydrogen) atoms. The maximum Gasteiger partial charge on any atom is 0.433 e. The fourth-order valence-electron chi connectivity index (χ4n) is 7.79. The Morgan fingerprint density at radius 1 is 0.930 bits per heavy atom. The van der Waals surface area contributed by atoms with Crippen molar-refractivity contribution in [2.45, 2.75) is 89.0 Å². The number of carbonyl (C=O) groups excluding carboxylic acids is 4. The van der Waals surface area contributed by atoms with Crippen molar-refractivity contribution < 1.29 is 37.1 Å². The third-order valence-corrected chi connectivity index (χ3v) is 10.9. The molecule has 3 fully saturated rings. The molecule has 0 aliphatic carbocycles. The third-order valence-electron chi connectivity index (χ3n) is 10.9. The number of hydrogen-bond acceptors (Lipinski definition) is 9. The van der Waals surface area contributed by atoms with E-state index in [4.69, 9.17) is 9.72 Å². The summed E-state index contributed by atoms with van der Waals surface area (Å²) in [6.45, 7) is 7.45. The Balaban J connectivity index is 0.881. The summed E-state index contributed by atoms with van der Waals surface area (Å²) in [5.41, 5.74) is 2.33. The SMILES string of the molecule is CC(C)Oc1cc2nc(C3CCN(CCC(=O)N4CCC(c5ccc(NC6CCC(=O)NC6=O)cc5)CC4)CC3)cn2cc1NC(=O)c1cccc(C(F)(F)F)n1. The van der Waals surface area contributed by atoms with Crippen molar-refractivity contribution in [2.24, 2.45) is 0 Å². The Hall–Kier alpha value is -5.51. The van der Waals surface area contributed by atoms with Crippen molar-refractivity contribution in [2.75, 3.05) is 43.4 Å². The van der Waals surface area contributed by atoms with Crippen molar-refractivity contribution in [3.8, 4) is 5.75 Å². The lowest BCUT2D eigenvalue weighted by Crippen LogP contribution is -2.47. The second kappa shape index (κ2) is 16.9. The van der Waals surface area contributed by atoms with Crippen LogP contribution in [-0.4, -0.2) is 92.7 Å². The Bertz CT molecular complexity index is 2110. The first-order valence-corrected chi connectivity index (χ1v) is 19.5. The molecule has 7 rings (SSSR count). The number of aromatic nitrogens is 3. The second-order valence-electron chi connectivity index (χ2n) is 15.3. The number of imidazole rings is 1. The summed E-state index contributed by atoms with van der Waals surface area (Å²) in [6.07, 6.45) is 3.42. The summed E-state index contributed by atoms with van der Waals surface area (Å²) in [5, 5.41) is 8.26. The molecule has 6 heterocycles. The molecular formula is C41H47F3N8O5. The number of anilines is 2. The van der Waals surface area contributed by atoms with Crippen LogP contribution in [0.25, 0.3) is 5.65 Å². The molecule has 1 unspecified atom stereocenters. The molecule has 4 aromatic rings. The van der Waals surface area contributed by atoms with Gasteiger partial charge in [0.25, 0.3) is 5.91 Å². The van der Waals surface area contributed by atoms with Crippen LogP contribution in [0.3, 0.4) is 0 Å². The van der Waals surface area contributed by atoms with Crippen molar-refractivity contribution in [1.29, 1.82) is 0 Å². The number of nitrogens with zero attached hydrogens (tertiary/aromatic N) is 5. The van der Waals surface area contributed by atoms with E-state index in [-0.39, 0.29) is 41.1 Å². The number of ether oxygens (including phenoxy) is 1. The summed E-state index contributed by atoms with van der Waals surface area (Å²) < 4.78 is 47.4. The number of nitrogens with one attached hydrogen (secondary N) is 3. The minimum atomic E-state index is -4.68. The molecule has 3 saturated heterocycles.